The lowest BCUT2D eigenvalue weighted by Crippen LogP contribution is -1.83. The minimum absolute atomic E-state index is 0.618. The molecule has 0 amide bonds. The van der Waals surface area contributed by atoms with Gasteiger partial charge in [-0.3, -0.25) is 0 Å². The molecule has 19 heavy (non-hydrogen) atoms. The molecule has 1 nitrogen and oxygen atoms in total. The number of hydrogen-bond donors (Lipinski definition) is 0. The molecule has 0 aliphatic heterocycles. The lowest BCUT2D eigenvalue weighted by atomic mass is 10.0. The maximum atomic E-state index is 9.27. The van der Waals surface area contributed by atoms with Crippen LogP contribution in [0.1, 0.15) is 16.7 Å². The van der Waals surface area contributed by atoms with Crippen LogP contribution in [-0.2, 0) is 0 Å². The Labute approximate surface area is 126 Å². The summed E-state index contributed by atoms with van der Waals surface area (Å²) in [7, 11) is 0. The van der Waals surface area contributed by atoms with E-state index in [1.54, 1.807) is 12.1 Å². The van der Waals surface area contributed by atoms with Crippen LogP contribution in [0.5, 0.6) is 0 Å². The van der Waals surface area contributed by atoms with Gasteiger partial charge in [-0.25, -0.2) is 0 Å². The quantitative estimate of drug-likeness (QED) is 0.528. The lowest BCUT2D eigenvalue weighted by molar-refractivity contribution is 1.42. The first-order valence-corrected chi connectivity index (χ1v) is 6.91. The number of allylic oxidation sites excluding steroid dienone is 1. The van der Waals surface area contributed by atoms with Gasteiger partial charge < -0.3 is 0 Å². The molecule has 0 aliphatic rings. The average molecular weight is 333 g/mol. The Morgan fingerprint density at radius 2 is 1.89 bits per heavy atom. The third kappa shape index (κ3) is 3.47. The first-order valence-electron chi connectivity index (χ1n) is 5.74. The molecule has 0 saturated carbocycles. The summed E-state index contributed by atoms with van der Waals surface area (Å²) in [6, 6.07) is 15.5. The van der Waals surface area contributed by atoms with Gasteiger partial charge in [-0.1, -0.05) is 51.8 Å². The van der Waals surface area contributed by atoms with E-state index in [4.69, 9.17) is 11.6 Å². The van der Waals surface area contributed by atoms with Crippen molar-refractivity contribution in [1.29, 1.82) is 5.26 Å². The molecule has 0 aromatic heterocycles. The van der Waals surface area contributed by atoms with E-state index in [0.29, 0.717) is 10.6 Å². The maximum Gasteiger partial charge on any atom is 0.0998 e. The molecule has 0 unspecified atom stereocenters. The Morgan fingerprint density at radius 1 is 1.21 bits per heavy atom. The van der Waals surface area contributed by atoms with Gasteiger partial charge >= 0.3 is 0 Å². The van der Waals surface area contributed by atoms with Gasteiger partial charge in [-0.15, -0.1) is 0 Å². The van der Waals surface area contributed by atoms with E-state index in [1.165, 1.54) is 5.56 Å². The summed E-state index contributed by atoms with van der Waals surface area (Å²) in [5.74, 6) is 0. The summed E-state index contributed by atoms with van der Waals surface area (Å²) in [4.78, 5) is 0. The van der Waals surface area contributed by atoms with E-state index in [2.05, 4.69) is 22.0 Å². The van der Waals surface area contributed by atoms with Crippen molar-refractivity contribution in [3.05, 3.63) is 68.7 Å². The number of hydrogen-bond acceptors (Lipinski definition) is 1. The SMILES string of the molecule is Cc1ccc(/C=C(/C#N)c2ccc(Cl)cc2)cc1Br. The topological polar surface area (TPSA) is 23.8 Å². The van der Waals surface area contributed by atoms with Gasteiger partial charge in [0.2, 0.25) is 0 Å². The van der Waals surface area contributed by atoms with Crippen LogP contribution < -0.4 is 0 Å². The number of benzene rings is 2. The molecule has 0 atom stereocenters. The average Bonchev–Trinajstić information content (AvgIpc) is 2.41. The van der Waals surface area contributed by atoms with Crippen LogP contribution >= 0.6 is 27.5 Å². The van der Waals surface area contributed by atoms with Crippen molar-refractivity contribution in [2.24, 2.45) is 0 Å². The highest BCUT2D eigenvalue weighted by molar-refractivity contribution is 9.10. The normalized spacial score (nSPS) is 11.2. The molecular weight excluding hydrogens is 322 g/mol. The Morgan fingerprint density at radius 3 is 2.47 bits per heavy atom. The number of nitriles is 1. The second-order valence-electron chi connectivity index (χ2n) is 4.19. The van der Waals surface area contributed by atoms with Crippen molar-refractivity contribution in [2.75, 3.05) is 0 Å². The Balaban J connectivity index is 2.41. The minimum Gasteiger partial charge on any atom is -0.192 e. The first kappa shape index (κ1) is 13.9. The molecule has 2 aromatic carbocycles. The second-order valence-corrected chi connectivity index (χ2v) is 5.48. The first-order chi connectivity index (χ1) is 9.10. The highest BCUT2D eigenvalue weighted by Gasteiger charge is 2.02. The fourth-order valence-corrected chi connectivity index (χ4v) is 2.20. The molecular formula is C16H11BrClN. The van der Waals surface area contributed by atoms with E-state index < -0.39 is 0 Å². The van der Waals surface area contributed by atoms with Crippen molar-refractivity contribution in [3.8, 4) is 6.07 Å². The van der Waals surface area contributed by atoms with Crippen LogP contribution in [-0.4, -0.2) is 0 Å². The van der Waals surface area contributed by atoms with Crippen molar-refractivity contribution >= 4 is 39.2 Å². The van der Waals surface area contributed by atoms with E-state index in [9.17, 15) is 5.26 Å². The Hall–Kier alpha value is -1.56. The largest absolute Gasteiger partial charge is 0.192 e. The van der Waals surface area contributed by atoms with Crippen LogP contribution in [0.25, 0.3) is 11.6 Å². The molecule has 0 spiro atoms. The maximum absolute atomic E-state index is 9.27. The van der Waals surface area contributed by atoms with E-state index in [1.807, 2.05) is 43.3 Å². The van der Waals surface area contributed by atoms with E-state index >= 15 is 0 Å². The molecule has 2 rings (SSSR count). The van der Waals surface area contributed by atoms with Gasteiger partial charge in [-0.2, -0.15) is 5.26 Å². The van der Waals surface area contributed by atoms with E-state index in [0.717, 1.165) is 15.6 Å². The number of rotatable bonds is 2. The van der Waals surface area contributed by atoms with Gasteiger partial charge in [0.25, 0.3) is 0 Å². The summed E-state index contributed by atoms with van der Waals surface area (Å²) < 4.78 is 1.04. The van der Waals surface area contributed by atoms with Crippen LogP contribution in [0.15, 0.2) is 46.9 Å². The van der Waals surface area contributed by atoms with Crippen LogP contribution in [0.3, 0.4) is 0 Å². The molecule has 0 N–H and O–H groups in total. The third-order valence-corrected chi connectivity index (χ3v) is 3.89. The van der Waals surface area contributed by atoms with E-state index in [-0.39, 0.29) is 0 Å². The summed E-state index contributed by atoms with van der Waals surface area (Å²) in [6.45, 7) is 2.03. The highest BCUT2D eigenvalue weighted by Crippen LogP contribution is 2.23. The molecule has 0 saturated heterocycles. The monoisotopic (exact) mass is 331 g/mol. The third-order valence-electron chi connectivity index (χ3n) is 2.78. The molecule has 0 fully saturated rings. The standard InChI is InChI=1S/C16H11BrClN/c1-11-2-3-12(9-16(11)17)8-14(10-19)13-4-6-15(18)7-5-13/h2-9H,1H3/b14-8-. The fourth-order valence-electron chi connectivity index (χ4n) is 1.68. The smallest absolute Gasteiger partial charge is 0.0998 e. The molecule has 0 aliphatic carbocycles. The predicted molar refractivity (Wildman–Crippen MR) is 83.8 cm³/mol. The number of halogens is 2. The van der Waals surface area contributed by atoms with Gasteiger partial charge in [0, 0.05) is 9.50 Å². The molecule has 2 aromatic rings. The zero-order valence-electron chi connectivity index (χ0n) is 10.3. The zero-order chi connectivity index (χ0) is 13.8. The van der Waals surface area contributed by atoms with Gasteiger partial charge in [0.05, 0.1) is 11.6 Å². The van der Waals surface area contributed by atoms with Crippen molar-refractivity contribution in [2.45, 2.75) is 6.92 Å². The van der Waals surface area contributed by atoms with Crippen LogP contribution in [0.4, 0.5) is 0 Å². The predicted octanol–water partition coefficient (Wildman–Crippen LogP) is 5.48. The van der Waals surface area contributed by atoms with Crippen molar-refractivity contribution < 1.29 is 0 Å². The van der Waals surface area contributed by atoms with Crippen molar-refractivity contribution in [3.63, 3.8) is 0 Å². The Kier molecular flexibility index (Phi) is 4.42. The Bertz CT molecular complexity index is 666. The van der Waals surface area contributed by atoms with Crippen molar-refractivity contribution in [1.82, 2.24) is 0 Å². The summed E-state index contributed by atoms with van der Waals surface area (Å²) >= 11 is 9.34. The molecule has 3 heteroatoms. The van der Waals surface area contributed by atoms with Gasteiger partial charge in [0.15, 0.2) is 0 Å². The number of nitrogens with zero attached hydrogens (tertiary/aromatic N) is 1. The summed E-state index contributed by atoms with van der Waals surface area (Å²) in [5, 5.41) is 9.94. The number of aryl methyl sites for hydroxylation is 1. The summed E-state index contributed by atoms with van der Waals surface area (Å²) in [5.41, 5.74) is 3.64. The lowest BCUT2D eigenvalue weighted by Gasteiger charge is -2.02. The molecule has 0 radical (unpaired) electrons. The fraction of sp³-hybridized carbons (Fsp3) is 0.0625. The van der Waals surface area contributed by atoms with Crippen LogP contribution in [0.2, 0.25) is 5.02 Å². The molecule has 0 bridgehead atoms. The molecule has 0 heterocycles. The van der Waals surface area contributed by atoms with Crippen LogP contribution in [0, 0.1) is 18.3 Å². The second kappa shape index (κ2) is 6.06. The van der Waals surface area contributed by atoms with Gasteiger partial charge in [0.1, 0.15) is 0 Å². The van der Waals surface area contributed by atoms with Gasteiger partial charge in [-0.05, 0) is 47.9 Å². The zero-order valence-corrected chi connectivity index (χ0v) is 12.7. The minimum atomic E-state index is 0.618. The molecule has 94 valence electrons. The highest BCUT2D eigenvalue weighted by atomic mass is 79.9. The summed E-state index contributed by atoms with van der Waals surface area (Å²) in [6.07, 6.45) is 1.87.